The van der Waals surface area contributed by atoms with Crippen LogP contribution in [0.3, 0.4) is 0 Å². The van der Waals surface area contributed by atoms with Gasteiger partial charge >= 0.3 is 11.9 Å². The molecule has 0 rings (SSSR count). The zero-order valence-corrected chi connectivity index (χ0v) is 17.8. The summed E-state index contributed by atoms with van der Waals surface area (Å²) in [6.45, 7) is 19.6. The van der Waals surface area contributed by atoms with Gasteiger partial charge in [0.15, 0.2) is 0 Å². The zero-order valence-electron chi connectivity index (χ0n) is 17.8. The maximum atomic E-state index is 12.0. The van der Waals surface area contributed by atoms with Crippen LogP contribution in [0.1, 0.15) is 74.7 Å². The Kier molecular flexibility index (Phi) is 9.74. The van der Waals surface area contributed by atoms with Crippen LogP contribution in [0.25, 0.3) is 0 Å². The number of carbonyl (C=O) groups excluding carboxylic acids is 2. The average Bonchev–Trinajstić information content (AvgIpc) is 2.46. The molecule has 6 heteroatoms. The van der Waals surface area contributed by atoms with Crippen molar-refractivity contribution in [2.24, 2.45) is 5.41 Å². The number of rotatable bonds is 10. The van der Waals surface area contributed by atoms with Crippen LogP contribution in [-0.2, 0) is 19.1 Å². The van der Waals surface area contributed by atoms with Gasteiger partial charge in [0.1, 0.15) is 12.1 Å². The molecule has 0 aromatic heterocycles. The number of ether oxygens (including phenoxy) is 2. The van der Waals surface area contributed by atoms with E-state index in [0.717, 1.165) is 6.42 Å². The van der Waals surface area contributed by atoms with Gasteiger partial charge in [0, 0.05) is 12.5 Å². The lowest BCUT2D eigenvalue weighted by molar-refractivity contribution is -0.155. The Morgan fingerprint density at radius 3 is 2.12 bits per heavy atom. The second-order valence-corrected chi connectivity index (χ2v) is 8.73. The van der Waals surface area contributed by atoms with Crippen molar-refractivity contribution in [2.75, 3.05) is 6.54 Å². The van der Waals surface area contributed by atoms with Crippen molar-refractivity contribution in [3.8, 4) is 0 Å². The number of esters is 2. The lowest BCUT2D eigenvalue weighted by Crippen LogP contribution is -2.44. The molecule has 2 atom stereocenters. The van der Waals surface area contributed by atoms with Gasteiger partial charge in [-0.1, -0.05) is 34.3 Å². The highest BCUT2D eigenvalue weighted by Gasteiger charge is 2.26. The van der Waals surface area contributed by atoms with E-state index < -0.39 is 5.60 Å². The molecule has 6 nitrogen and oxygen atoms in total. The van der Waals surface area contributed by atoms with E-state index in [9.17, 15) is 9.59 Å². The topological polar surface area (TPSA) is 76.7 Å². The van der Waals surface area contributed by atoms with Crippen molar-refractivity contribution in [1.82, 2.24) is 10.6 Å². The molecule has 152 valence electrons. The van der Waals surface area contributed by atoms with Crippen LogP contribution in [0.2, 0.25) is 0 Å². The van der Waals surface area contributed by atoms with Crippen molar-refractivity contribution in [2.45, 2.75) is 92.4 Å². The number of nitrogens with one attached hydrogen (secondary N) is 2. The second-order valence-electron chi connectivity index (χ2n) is 8.73. The summed E-state index contributed by atoms with van der Waals surface area (Å²) in [5.74, 6) is 0.00262. The smallest absolute Gasteiger partial charge is 0.325 e. The lowest BCUT2D eigenvalue weighted by atomic mass is 9.84. The fourth-order valence-electron chi connectivity index (χ4n) is 2.17. The Labute approximate surface area is 159 Å². The summed E-state index contributed by atoms with van der Waals surface area (Å²) in [5.41, 5.74) is -0.577. The molecule has 0 spiro atoms. The summed E-state index contributed by atoms with van der Waals surface area (Å²) in [6, 6.07) is 0.000559. The molecule has 2 N–H and O–H groups in total. The fraction of sp³-hybridized carbons (Fsp3) is 0.800. The van der Waals surface area contributed by atoms with Crippen LogP contribution in [-0.4, -0.2) is 36.2 Å². The van der Waals surface area contributed by atoms with Crippen molar-refractivity contribution in [3.05, 3.63) is 12.4 Å². The highest BCUT2D eigenvalue weighted by Crippen LogP contribution is 2.24. The molecule has 0 aromatic carbocycles. The fourth-order valence-corrected chi connectivity index (χ4v) is 2.17. The SMILES string of the molecule is C=C(NCC(=O)O[C@@H](C)CC)NC(CCC(=O)OC(C)(C)C)C(C)(C)C. The third kappa shape index (κ3) is 11.8. The van der Waals surface area contributed by atoms with Gasteiger partial charge < -0.3 is 20.1 Å². The van der Waals surface area contributed by atoms with Gasteiger partial charge in [-0.3, -0.25) is 9.59 Å². The quantitative estimate of drug-likeness (QED) is 0.573. The molecule has 0 aliphatic carbocycles. The summed E-state index contributed by atoms with van der Waals surface area (Å²) >= 11 is 0. The van der Waals surface area contributed by atoms with Crippen molar-refractivity contribution >= 4 is 11.9 Å². The molecule has 26 heavy (non-hydrogen) atoms. The molecule has 0 radical (unpaired) electrons. The molecule has 0 fully saturated rings. The first-order valence-corrected chi connectivity index (χ1v) is 9.35. The highest BCUT2D eigenvalue weighted by atomic mass is 16.6. The second kappa shape index (κ2) is 10.4. The minimum Gasteiger partial charge on any atom is -0.461 e. The zero-order chi connectivity index (χ0) is 20.5. The molecule has 0 amide bonds. The van der Waals surface area contributed by atoms with E-state index in [2.05, 4.69) is 38.0 Å². The third-order valence-electron chi connectivity index (χ3n) is 3.80. The van der Waals surface area contributed by atoms with Crippen LogP contribution in [0.15, 0.2) is 12.4 Å². The van der Waals surface area contributed by atoms with Crippen LogP contribution < -0.4 is 10.6 Å². The van der Waals surface area contributed by atoms with Crippen molar-refractivity contribution in [3.63, 3.8) is 0 Å². The van der Waals surface area contributed by atoms with Gasteiger partial charge in [0.25, 0.3) is 0 Å². The first-order chi connectivity index (χ1) is 11.7. The Bertz CT molecular complexity index is 475. The predicted octanol–water partition coefficient (Wildman–Crippen LogP) is 3.52. The summed E-state index contributed by atoms with van der Waals surface area (Å²) in [6.07, 6.45) is 1.61. The largest absolute Gasteiger partial charge is 0.461 e. The van der Waals surface area contributed by atoms with Crippen LogP contribution in [0.5, 0.6) is 0 Å². The lowest BCUT2D eigenvalue weighted by Gasteiger charge is -2.33. The average molecular weight is 371 g/mol. The summed E-state index contributed by atoms with van der Waals surface area (Å²) < 4.78 is 10.6. The third-order valence-corrected chi connectivity index (χ3v) is 3.80. The number of hydrogen-bond acceptors (Lipinski definition) is 6. The first-order valence-electron chi connectivity index (χ1n) is 9.35. The summed E-state index contributed by atoms with van der Waals surface area (Å²) in [7, 11) is 0. The van der Waals surface area contributed by atoms with Crippen LogP contribution in [0.4, 0.5) is 0 Å². The molecular formula is C20H38N2O4. The Hall–Kier alpha value is -1.72. The maximum absolute atomic E-state index is 12.0. The maximum Gasteiger partial charge on any atom is 0.325 e. The van der Waals surface area contributed by atoms with Crippen LogP contribution >= 0.6 is 0 Å². The summed E-state index contributed by atoms with van der Waals surface area (Å²) in [5, 5.41) is 6.22. The molecule has 0 aliphatic rings. The van der Waals surface area contributed by atoms with Gasteiger partial charge in [-0.25, -0.2) is 0 Å². The van der Waals surface area contributed by atoms with Gasteiger partial charge in [-0.2, -0.15) is 0 Å². The van der Waals surface area contributed by atoms with E-state index in [0.29, 0.717) is 18.7 Å². The van der Waals surface area contributed by atoms with Gasteiger partial charge in [-0.05, 0) is 46.0 Å². The van der Waals surface area contributed by atoms with Gasteiger partial charge in [-0.15, -0.1) is 0 Å². The molecule has 0 heterocycles. The minimum absolute atomic E-state index is 0.000559. The Morgan fingerprint density at radius 2 is 1.65 bits per heavy atom. The molecule has 0 aliphatic heterocycles. The van der Waals surface area contributed by atoms with E-state index in [1.807, 2.05) is 34.6 Å². The first kappa shape index (κ1) is 24.3. The normalized spacial score (nSPS) is 14.2. The van der Waals surface area contributed by atoms with E-state index in [4.69, 9.17) is 9.47 Å². The van der Waals surface area contributed by atoms with E-state index in [1.165, 1.54) is 0 Å². The molecular weight excluding hydrogens is 332 g/mol. The van der Waals surface area contributed by atoms with Gasteiger partial charge in [0.05, 0.1) is 11.9 Å². The van der Waals surface area contributed by atoms with E-state index in [1.54, 1.807) is 0 Å². The predicted molar refractivity (Wildman–Crippen MR) is 104 cm³/mol. The molecule has 0 saturated carbocycles. The number of carbonyl (C=O) groups is 2. The number of hydrogen-bond donors (Lipinski definition) is 2. The van der Waals surface area contributed by atoms with Gasteiger partial charge in [0.2, 0.25) is 0 Å². The van der Waals surface area contributed by atoms with Crippen molar-refractivity contribution in [1.29, 1.82) is 0 Å². The van der Waals surface area contributed by atoms with Crippen LogP contribution in [0, 0.1) is 5.41 Å². The standard InChI is InChI=1S/C20H38N2O4/c1-10-14(2)25-18(24)13-21-15(3)22-16(19(4,5)6)11-12-17(23)26-20(7,8)9/h14,16,21-22H,3,10-13H2,1-2,4-9H3/t14-,16?/m0/s1. The molecule has 1 unspecified atom stereocenters. The van der Waals surface area contributed by atoms with E-state index >= 15 is 0 Å². The Balaban J connectivity index is 4.52. The molecule has 0 bridgehead atoms. The molecule has 0 saturated heterocycles. The Morgan fingerprint density at radius 1 is 1.08 bits per heavy atom. The monoisotopic (exact) mass is 370 g/mol. The highest BCUT2D eigenvalue weighted by molar-refractivity contribution is 5.72. The summed E-state index contributed by atoms with van der Waals surface area (Å²) in [4.78, 5) is 23.7. The minimum atomic E-state index is -0.483. The van der Waals surface area contributed by atoms with Crippen molar-refractivity contribution < 1.29 is 19.1 Å². The van der Waals surface area contributed by atoms with E-state index in [-0.39, 0.29) is 36.0 Å². The molecule has 0 aromatic rings.